The van der Waals surface area contributed by atoms with Crippen molar-refractivity contribution in [2.75, 3.05) is 19.8 Å². The van der Waals surface area contributed by atoms with Gasteiger partial charge in [0.1, 0.15) is 17.0 Å². The molecule has 3 fully saturated rings. The second kappa shape index (κ2) is 13.4. The molecule has 0 amide bonds. The van der Waals surface area contributed by atoms with Gasteiger partial charge in [0, 0.05) is 48.4 Å². The fourth-order valence-electron chi connectivity index (χ4n) is 7.88. The summed E-state index contributed by atoms with van der Waals surface area (Å²) in [5.74, 6) is 2.02. The molecule has 4 atom stereocenters. The van der Waals surface area contributed by atoms with Crippen LogP contribution < -0.4 is 4.74 Å². The molecule has 4 aliphatic rings. The molecule has 1 spiro atoms. The van der Waals surface area contributed by atoms with E-state index in [9.17, 15) is 10.1 Å². The molecule has 7 heteroatoms. The van der Waals surface area contributed by atoms with Crippen LogP contribution in [0.25, 0.3) is 28.0 Å². The van der Waals surface area contributed by atoms with Gasteiger partial charge >= 0.3 is 0 Å². The molecule has 47 heavy (non-hydrogen) atoms. The van der Waals surface area contributed by atoms with E-state index in [-0.39, 0.29) is 29.8 Å². The number of nitrogens with zero attached hydrogens (tertiary/aromatic N) is 2. The molecule has 3 aromatic rings. The molecule has 3 heterocycles. The van der Waals surface area contributed by atoms with E-state index in [1.54, 1.807) is 6.20 Å². The average molecular weight is 635 g/mol. The Kier molecular flexibility index (Phi) is 9.09. The van der Waals surface area contributed by atoms with Gasteiger partial charge < -0.3 is 18.6 Å². The van der Waals surface area contributed by atoms with E-state index in [0.29, 0.717) is 53.8 Å². The number of carbonyl (C=O) groups excluding carboxylic acids is 1. The Labute approximate surface area is 278 Å². The molecule has 0 bridgehead atoms. The Hall–Kier alpha value is -3.73. The van der Waals surface area contributed by atoms with Gasteiger partial charge in [-0.2, -0.15) is 5.26 Å². The number of nitriles is 1. The second-order valence-electron chi connectivity index (χ2n) is 14.4. The fraction of sp³-hybridized carbons (Fsp3) is 0.525. The largest absolute Gasteiger partial charge is 0.493 e. The number of Topliss-reactive ketones (excluding diaryl/α,β-unsaturated/α-hetero) is 1. The summed E-state index contributed by atoms with van der Waals surface area (Å²) >= 11 is 0. The highest BCUT2D eigenvalue weighted by Crippen LogP contribution is 2.55. The number of benzene rings is 1. The van der Waals surface area contributed by atoms with Gasteiger partial charge in [-0.05, 0) is 86.1 Å². The number of fused-ring (bicyclic) bond motifs is 1. The molecule has 2 aromatic heterocycles. The van der Waals surface area contributed by atoms with Crippen molar-refractivity contribution in [3.8, 4) is 23.1 Å². The summed E-state index contributed by atoms with van der Waals surface area (Å²) in [5, 5.41) is 10.1. The standard InChI is InChI=1S/C40H46N2O5/c1-4-25(2)24-45-35-20-27(37(43)28-8-14-40(22-28)12-5-13-40)6-7-33(35)36-21-34-39(47-36)32(9-15-42-34)29-18-26(3)38(30(19-29)23-41)46-31-10-16-44-17-11-31/h6-7,9,15,18-21,25-26,28,31,38H,4-5,8,10-14,16-17,22,24H2,1-3H3. The Morgan fingerprint density at radius 2 is 1.96 bits per heavy atom. The van der Waals surface area contributed by atoms with Crippen LogP contribution in [0.1, 0.15) is 94.5 Å². The summed E-state index contributed by atoms with van der Waals surface area (Å²) in [7, 11) is 0. The van der Waals surface area contributed by atoms with Crippen LogP contribution in [0.15, 0.2) is 58.7 Å². The van der Waals surface area contributed by atoms with Crippen LogP contribution in [-0.2, 0) is 9.47 Å². The molecule has 2 saturated carbocycles. The van der Waals surface area contributed by atoms with Crippen LogP contribution in [0, 0.1) is 34.5 Å². The number of ether oxygens (including phenoxy) is 3. The van der Waals surface area contributed by atoms with Gasteiger partial charge in [-0.3, -0.25) is 9.78 Å². The summed E-state index contributed by atoms with van der Waals surface area (Å²) in [5.41, 5.74) is 5.74. The number of ketones is 1. The van der Waals surface area contributed by atoms with Gasteiger partial charge in [-0.25, -0.2) is 0 Å². The van der Waals surface area contributed by atoms with Crippen molar-refractivity contribution in [1.29, 1.82) is 5.26 Å². The number of hydrogen-bond donors (Lipinski definition) is 0. The predicted molar refractivity (Wildman–Crippen MR) is 182 cm³/mol. The third-order valence-corrected chi connectivity index (χ3v) is 11.1. The van der Waals surface area contributed by atoms with E-state index in [4.69, 9.17) is 18.6 Å². The topological polar surface area (TPSA) is 94.6 Å². The third kappa shape index (κ3) is 6.43. The molecule has 3 aliphatic carbocycles. The van der Waals surface area contributed by atoms with E-state index in [2.05, 4.69) is 37.9 Å². The Morgan fingerprint density at radius 3 is 2.68 bits per heavy atom. The minimum atomic E-state index is -0.286. The van der Waals surface area contributed by atoms with Gasteiger partial charge in [0.2, 0.25) is 0 Å². The predicted octanol–water partition coefficient (Wildman–Crippen LogP) is 9.12. The van der Waals surface area contributed by atoms with Crippen molar-refractivity contribution < 1.29 is 23.4 Å². The van der Waals surface area contributed by atoms with E-state index >= 15 is 0 Å². The zero-order valence-corrected chi connectivity index (χ0v) is 27.9. The van der Waals surface area contributed by atoms with Gasteiger partial charge in [0.15, 0.2) is 11.4 Å². The highest BCUT2D eigenvalue weighted by atomic mass is 16.5. The molecular weight excluding hydrogens is 588 g/mol. The minimum absolute atomic E-state index is 0.00909. The van der Waals surface area contributed by atoms with Crippen molar-refractivity contribution >= 4 is 22.5 Å². The molecule has 7 rings (SSSR count). The highest BCUT2D eigenvalue weighted by molar-refractivity contribution is 5.99. The zero-order valence-electron chi connectivity index (χ0n) is 27.9. The number of pyridine rings is 1. The Bertz CT molecular complexity index is 1730. The first-order valence-corrected chi connectivity index (χ1v) is 17.6. The zero-order chi connectivity index (χ0) is 32.5. The molecule has 7 nitrogen and oxygen atoms in total. The maximum Gasteiger partial charge on any atom is 0.166 e. The molecule has 0 N–H and O–H groups in total. The Morgan fingerprint density at radius 1 is 1.13 bits per heavy atom. The molecule has 1 aromatic carbocycles. The van der Waals surface area contributed by atoms with Crippen molar-refractivity contribution in [2.45, 2.75) is 90.8 Å². The minimum Gasteiger partial charge on any atom is -0.493 e. The maximum absolute atomic E-state index is 13.7. The first-order valence-electron chi connectivity index (χ1n) is 17.6. The number of furan rings is 1. The maximum atomic E-state index is 13.7. The lowest BCUT2D eigenvalue weighted by molar-refractivity contribution is -0.0650. The van der Waals surface area contributed by atoms with Crippen LogP contribution in [0.2, 0.25) is 0 Å². The fourth-order valence-corrected chi connectivity index (χ4v) is 7.88. The lowest BCUT2D eigenvalue weighted by Crippen LogP contribution is -2.33. The van der Waals surface area contributed by atoms with Crippen LogP contribution in [0.3, 0.4) is 0 Å². The molecular formula is C40H46N2O5. The Balaban J connectivity index is 1.19. The van der Waals surface area contributed by atoms with Gasteiger partial charge in [-0.1, -0.05) is 45.8 Å². The van der Waals surface area contributed by atoms with E-state index in [1.165, 1.54) is 25.7 Å². The molecule has 1 saturated heterocycles. The smallest absolute Gasteiger partial charge is 0.166 e. The summed E-state index contributed by atoms with van der Waals surface area (Å²) in [6.45, 7) is 8.37. The number of carbonyl (C=O) groups is 1. The van der Waals surface area contributed by atoms with E-state index < -0.39 is 0 Å². The van der Waals surface area contributed by atoms with Crippen LogP contribution >= 0.6 is 0 Å². The molecule has 1 aliphatic heterocycles. The molecule has 4 unspecified atom stereocenters. The average Bonchev–Trinajstić information content (AvgIpc) is 3.74. The second-order valence-corrected chi connectivity index (χ2v) is 14.4. The number of rotatable bonds is 10. The van der Waals surface area contributed by atoms with E-state index in [0.717, 1.165) is 59.9 Å². The quantitative estimate of drug-likeness (QED) is 0.205. The van der Waals surface area contributed by atoms with Crippen LogP contribution in [0.4, 0.5) is 0 Å². The van der Waals surface area contributed by atoms with Crippen LogP contribution in [-0.4, -0.2) is 42.8 Å². The number of allylic oxidation sites excluding steroid dienone is 2. The number of aromatic nitrogens is 1. The summed E-state index contributed by atoms with van der Waals surface area (Å²) in [4.78, 5) is 18.3. The van der Waals surface area contributed by atoms with Crippen molar-refractivity contribution in [3.63, 3.8) is 0 Å². The lowest BCUT2D eigenvalue weighted by Gasteiger charge is -2.38. The van der Waals surface area contributed by atoms with Crippen molar-refractivity contribution in [1.82, 2.24) is 4.98 Å². The van der Waals surface area contributed by atoms with E-state index in [1.807, 2.05) is 36.4 Å². The van der Waals surface area contributed by atoms with Gasteiger partial charge in [-0.15, -0.1) is 0 Å². The normalized spacial score (nSPS) is 24.8. The summed E-state index contributed by atoms with van der Waals surface area (Å²) in [6, 6.07) is 12.1. The van der Waals surface area contributed by atoms with Crippen molar-refractivity contribution in [3.05, 3.63) is 65.4 Å². The SMILES string of the molecule is CCC(C)COc1cc(C(=O)C2CCC3(CCC3)C2)ccc1-c1cc2nccc(C3=CC(C)C(OC4CCOCC4)C(C#N)=C3)c2o1. The molecule has 0 radical (unpaired) electrons. The summed E-state index contributed by atoms with van der Waals surface area (Å²) in [6.07, 6.45) is 15.4. The summed E-state index contributed by atoms with van der Waals surface area (Å²) < 4.78 is 24.9. The number of hydrogen-bond acceptors (Lipinski definition) is 7. The van der Waals surface area contributed by atoms with Gasteiger partial charge in [0.25, 0.3) is 0 Å². The first kappa shape index (κ1) is 31.8. The van der Waals surface area contributed by atoms with Crippen molar-refractivity contribution in [2.24, 2.45) is 23.2 Å². The highest BCUT2D eigenvalue weighted by Gasteiger charge is 2.45. The lowest BCUT2D eigenvalue weighted by atomic mass is 9.67. The first-order chi connectivity index (χ1) is 22.9. The monoisotopic (exact) mass is 634 g/mol. The third-order valence-electron chi connectivity index (χ3n) is 11.1. The van der Waals surface area contributed by atoms with Gasteiger partial charge in [0.05, 0.1) is 36.0 Å². The molecule has 246 valence electrons. The van der Waals surface area contributed by atoms with Crippen LogP contribution in [0.5, 0.6) is 5.75 Å².